The molecule has 3 rings (SSSR count). The highest BCUT2D eigenvalue weighted by atomic mass is 35.5. The Morgan fingerprint density at radius 1 is 1.56 bits per heavy atom. The van der Waals surface area contributed by atoms with Gasteiger partial charge in [-0.3, -0.25) is 0 Å². The van der Waals surface area contributed by atoms with Gasteiger partial charge in [0.25, 0.3) is 0 Å². The van der Waals surface area contributed by atoms with Crippen molar-refractivity contribution >= 4 is 22.6 Å². The van der Waals surface area contributed by atoms with Crippen LogP contribution in [0.15, 0.2) is 18.2 Å². The number of nitrogens with zero attached hydrogens (tertiary/aromatic N) is 2. The Labute approximate surface area is 111 Å². The van der Waals surface area contributed by atoms with Gasteiger partial charge in [-0.15, -0.1) is 0 Å². The largest absolute Gasteiger partial charge is 0.372 e. The van der Waals surface area contributed by atoms with E-state index in [1.807, 2.05) is 18.2 Å². The lowest BCUT2D eigenvalue weighted by molar-refractivity contribution is 0.100. The Bertz CT molecular complexity index is 573. The Morgan fingerprint density at radius 2 is 2.33 bits per heavy atom. The van der Waals surface area contributed by atoms with E-state index >= 15 is 0 Å². The van der Waals surface area contributed by atoms with Crippen molar-refractivity contribution in [3.05, 3.63) is 29.0 Å². The summed E-state index contributed by atoms with van der Waals surface area (Å²) in [5.41, 5.74) is 7.79. The number of fused-ring (bicyclic) bond motifs is 1. The number of aromatic nitrogens is 2. The molecule has 96 valence electrons. The van der Waals surface area contributed by atoms with Gasteiger partial charge in [0, 0.05) is 24.7 Å². The van der Waals surface area contributed by atoms with Crippen LogP contribution in [0.3, 0.4) is 0 Å². The second kappa shape index (κ2) is 4.53. The predicted molar refractivity (Wildman–Crippen MR) is 71.8 cm³/mol. The van der Waals surface area contributed by atoms with E-state index < -0.39 is 0 Å². The summed E-state index contributed by atoms with van der Waals surface area (Å²) in [6, 6.07) is 6.30. The van der Waals surface area contributed by atoms with Crippen LogP contribution in [0.5, 0.6) is 0 Å². The fourth-order valence-electron chi connectivity index (χ4n) is 2.34. The molecule has 0 radical (unpaired) electrons. The van der Waals surface area contributed by atoms with E-state index in [1.165, 1.54) is 12.8 Å². The Kier molecular flexibility index (Phi) is 3.01. The summed E-state index contributed by atoms with van der Waals surface area (Å²) in [6.45, 7) is 0.431. The lowest BCUT2D eigenvalue weighted by Gasteiger charge is -2.15. The first kappa shape index (κ1) is 12.0. The number of halogens is 1. The molecule has 4 nitrogen and oxygen atoms in total. The van der Waals surface area contributed by atoms with Crippen molar-refractivity contribution in [2.45, 2.75) is 25.0 Å². The molecular weight excluding hydrogens is 250 g/mol. The van der Waals surface area contributed by atoms with E-state index in [-0.39, 0.29) is 6.10 Å². The molecule has 1 heterocycles. The van der Waals surface area contributed by atoms with Crippen LogP contribution in [-0.2, 0) is 4.74 Å². The van der Waals surface area contributed by atoms with Crippen molar-refractivity contribution in [3.63, 3.8) is 0 Å². The summed E-state index contributed by atoms with van der Waals surface area (Å²) in [7, 11) is 1.67. The lowest BCUT2D eigenvalue weighted by Crippen LogP contribution is -2.18. The van der Waals surface area contributed by atoms with Crippen molar-refractivity contribution in [1.82, 2.24) is 9.55 Å². The van der Waals surface area contributed by atoms with E-state index in [2.05, 4.69) is 9.55 Å². The van der Waals surface area contributed by atoms with Crippen LogP contribution in [0.25, 0.3) is 11.0 Å². The predicted octanol–water partition coefficient (Wildman–Crippen LogP) is 2.67. The molecule has 1 aliphatic carbocycles. The fourth-order valence-corrected chi connectivity index (χ4v) is 2.50. The highest BCUT2D eigenvalue weighted by molar-refractivity contribution is 6.31. The van der Waals surface area contributed by atoms with Gasteiger partial charge in [0.2, 0.25) is 0 Å². The van der Waals surface area contributed by atoms with Crippen LogP contribution >= 0.6 is 11.6 Å². The van der Waals surface area contributed by atoms with Gasteiger partial charge in [0.05, 0.1) is 11.0 Å². The third-order valence-corrected chi connectivity index (χ3v) is 3.61. The molecule has 0 spiro atoms. The molecule has 1 unspecified atom stereocenters. The quantitative estimate of drug-likeness (QED) is 0.925. The maximum atomic E-state index is 6.08. The van der Waals surface area contributed by atoms with Crippen LogP contribution in [0.2, 0.25) is 5.02 Å². The molecule has 2 N–H and O–H groups in total. The molecule has 0 saturated heterocycles. The van der Waals surface area contributed by atoms with Gasteiger partial charge in [-0.2, -0.15) is 0 Å². The first-order chi connectivity index (χ1) is 8.74. The average molecular weight is 266 g/mol. The van der Waals surface area contributed by atoms with Gasteiger partial charge >= 0.3 is 0 Å². The zero-order valence-corrected chi connectivity index (χ0v) is 11.0. The number of rotatable bonds is 4. The monoisotopic (exact) mass is 265 g/mol. The summed E-state index contributed by atoms with van der Waals surface area (Å²) >= 11 is 6.08. The molecule has 0 amide bonds. The van der Waals surface area contributed by atoms with Crippen molar-refractivity contribution in [3.8, 4) is 0 Å². The molecule has 1 aliphatic rings. The SMILES string of the molecule is COC(CN)c1nc2ccc(Cl)cc2n1C1CC1. The second-order valence-electron chi connectivity index (χ2n) is 4.66. The summed E-state index contributed by atoms with van der Waals surface area (Å²) in [5, 5.41) is 0.734. The molecule has 5 heteroatoms. The Morgan fingerprint density at radius 3 is 2.94 bits per heavy atom. The van der Waals surface area contributed by atoms with Crippen molar-refractivity contribution in [2.24, 2.45) is 5.73 Å². The van der Waals surface area contributed by atoms with E-state index in [4.69, 9.17) is 22.1 Å². The smallest absolute Gasteiger partial charge is 0.140 e. The normalized spacial score (nSPS) is 17.3. The molecule has 1 aromatic heterocycles. The molecule has 18 heavy (non-hydrogen) atoms. The molecule has 1 atom stereocenters. The maximum Gasteiger partial charge on any atom is 0.140 e. The minimum absolute atomic E-state index is 0.156. The number of benzene rings is 1. The number of ether oxygens (including phenoxy) is 1. The second-order valence-corrected chi connectivity index (χ2v) is 5.10. The third kappa shape index (κ3) is 1.90. The number of methoxy groups -OCH3 is 1. The number of hydrogen-bond donors (Lipinski definition) is 1. The van der Waals surface area contributed by atoms with Crippen molar-refractivity contribution in [2.75, 3.05) is 13.7 Å². The van der Waals surface area contributed by atoms with Crippen LogP contribution < -0.4 is 5.73 Å². The number of imidazole rings is 1. The van der Waals surface area contributed by atoms with E-state index in [0.717, 1.165) is 21.9 Å². The number of nitrogens with two attached hydrogens (primary N) is 1. The summed E-state index contributed by atoms with van der Waals surface area (Å²) in [6.07, 6.45) is 2.22. The highest BCUT2D eigenvalue weighted by Gasteiger charge is 2.30. The highest BCUT2D eigenvalue weighted by Crippen LogP contribution is 2.40. The van der Waals surface area contributed by atoms with Gasteiger partial charge in [-0.25, -0.2) is 4.98 Å². The number of hydrogen-bond acceptors (Lipinski definition) is 3. The first-order valence-corrected chi connectivity index (χ1v) is 6.52. The van der Waals surface area contributed by atoms with Gasteiger partial charge in [0.1, 0.15) is 11.9 Å². The Balaban J connectivity index is 2.20. The minimum atomic E-state index is -0.156. The van der Waals surface area contributed by atoms with Gasteiger partial charge in [-0.1, -0.05) is 11.6 Å². The van der Waals surface area contributed by atoms with Crippen LogP contribution in [0, 0.1) is 0 Å². The third-order valence-electron chi connectivity index (χ3n) is 3.38. The van der Waals surface area contributed by atoms with Crippen LogP contribution in [0.1, 0.15) is 30.8 Å². The molecule has 1 aromatic carbocycles. The molecule has 0 bridgehead atoms. The van der Waals surface area contributed by atoms with E-state index in [0.29, 0.717) is 12.6 Å². The standard InChI is InChI=1S/C13H16ClN3O/c1-18-12(7-15)13-16-10-5-2-8(14)6-11(10)17(13)9-3-4-9/h2,5-6,9,12H,3-4,7,15H2,1H3. The first-order valence-electron chi connectivity index (χ1n) is 6.15. The summed E-state index contributed by atoms with van der Waals surface area (Å²) in [5.74, 6) is 0.916. The summed E-state index contributed by atoms with van der Waals surface area (Å²) in [4.78, 5) is 4.66. The Hall–Kier alpha value is -1.10. The molecule has 1 fully saturated rings. The van der Waals surface area contributed by atoms with E-state index in [9.17, 15) is 0 Å². The molecule has 1 saturated carbocycles. The van der Waals surface area contributed by atoms with E-state index in [1.54, 1.807) is 7.11 Å². The lowest BCUT2D eigenvalue weighted by atomic mass is 10.3. The minimum Gasteiger partial charge on any atom is -0.372 e. The van der Waals surface area contributed by atoms with Crippen LogP contribution in [0.4, 0.5) is 0 Å². The zero-order valence-electron chi connectivity index (χ0n) is 10.3. The molecule has 0 aliphatic heterocycles. The fraction of sp³-hybridized carbons (Fsp3) is 0.462. The van der Waals surface area contributed by atoms with Gasteiger partial charge < -0.3 is 15.0 Å². The average Bonchev–Trinajstić information content (AvgIpc) is 3.13. The van der Waals surface area contributed by atoms with Gasteiger partial charge in [-0.05, 0) is 31.0 Å². The zero-order chi connectivity index (χ0) is 12.7. The molecular formula is C13H16ClN3O. The van der Waals surface area contributed by atoms with Crippen molar-refractivity contribution < 1.29 is 4.74 Å². The summed E-state index contributed by atoms with van der Waals surface area (Å²) < 4.78 is 7.66. The topological polar surface area (TPSA) is 53.1 Å². The maximum absolute atomic E-state index is 6.08. The molecule has 2 aromatic rings. The van der Waals surface area contributed by atoms with Crippen LogP contribution in [-0.4, -0.2) is 23.2 Å². The van der Waals surface area contributed by atoms with Gasteiger partial charge in [0.15, 0.2) is 0 Å². The van der Waals surface area contributed by atoms with Crippen molar-refractivity contribution in [1.29, 1.82) is 0 Å².